The Morgan fingerprint density at radius 1 is 1.16 bits per heavy atom. The van der Waals surface area contributed by atoms with E-state index >= 15 is 0 Å². The fourth-order valence-corrected chi connectivity index (χ4v) is 1.22. The van der Waals surface area contributed by atoms with Crippen molar-refractivity contribution in [2.75, 3.05) is 7.11 Å². The molecule has 0 unspecified atom stereocenters. The van der Waals surface area contributed by atoms with Gasteiger partial charge in [0.05, 0.1) is 13.5 Å². The summed E-state index contributed by atoms with van der Waals surface area (Å²) in [6, 6.07) is -1.02. The highest BCUT2D eigenvalue weighted by Gasteiger charge is 2.28. The molecule has 6 nitrogen and oxygen atoms in total. The third-order valence-corrected chi connectivity index (χ3v) is 2.12. The number of esters is 2. The lowest BCUT2D eigenvalue weighted by atomic mass is 10.1. The Kier molecular flexibility index (Phi) is 6.52. The minimum absolute atomic E-state index is 0.248. The molecule has 0 aromatic rings. The largest absolute Gasteiger partial charge is 0.467 e. The van der Waals surface area contributed by atoms with Crippen LogP contribution in [-0.2, 0) is 23.9 Å². The number of nitrogens with one attached hydrogen (secondary N) is 1. The van der Waals surface area contributed by atoms with Crippen molar-refractivity contribution in [3.63, 3.8) is 0 Å². The minimum atomic E-state index is -1.02. The van der Waals surface area contributed by atoms with Crippen LogP contribution >= 0.6 is 0 Å². The van der Waals surface area contributed by atoms with Gasteiger partial charge in [0.25, 0.3) is 0 Å². The summed E-state index contributed by atoms with van der Waals surface area (Å²) in [4.78, 5) is 34.8. The molecule has 0 aromatic carbocycles. The van der Waals surface area contributed by atoms with Gasteiger partial charge >= 0.3 is 11.9 Å². The standard InChI is InChI=1S/C13H23NO5/c1-8(2)11(16)14-9(12(17)18-6)7-10(15)19-13(3,4)5/h8-9H,7H2,1-6H3,(H,14,16)/t9-/m1/s1. The topological polar surface area (TPSA) is 81.7 Å². The Hall–Kier alpha value is -1.59. The molecule has 0 fully saturated rings. The van der Waals surface area contributed by atoms with Crippen LogP contribution in [-0.4, -0.2) is 36.6 Å². The van der Waals surface area contributed by atoms with E-state index in [1.165, 1.54) is 7.11 Å². The average molecular weight is 273 g/mol. The van der Waals surface area contributed by atoms with Crippen molar-refractivity contribution >= 4 is 17.8 Å². The predicted octanol–water partition coefficient (Wildman–Crippen LogP) is 1.03. The van der Waals surface area contributed by atoms with E-state index in [2.05, 4.69) is 10.1 Å². The first kappa shape index (κ1) is 17.4. The average Bonchev–Trinajstić information content (AvgIpc) is 2.24. The lowest BCUT2D eigenvalue weighted by molar-refractivity contribution is -0.159. The van der Waals surface area contributed by atoms with Crippen LogP contribution < -0.4 is 5.32 Å². The summed E-state index contributed by atoms with van der Waals surface area (Å²) in [5, 5.41) is 2.47. The van der Waals surface area contributed by atoms with Crippen LogP contribution in [0.3, 0.4) is 0 Å². The van der Waals surface area contributed by atoms with Crippen molar-refractivity contribution in [1.29, 1.82) is 0 Å². The number of carbonyl (C=O) groups excluding carboxylic acids is 3. The molecule has 0 heterocycles. The maximum atomic E-state index is 11.7. The molecule has 0 aromatic heterocycles. The van der Waals surface area contributed by atoms with Crippen LogP contribution in [0.15, 0.2) is 0 Å². The number of rotatable bonds is 5. The summed E-state index contributed by atoms with van der Waals surface area (Å²) >= 11 is 0. The molecule has 0 aliphatic rings. The lowest BCUT2D eigenvalue weighted by Gasteiger charge is -2.22. The number of hydrogen-bond acceptors (Lipinski definition) is 5. The summed E-state index contributed by atoms with van der Waals surface area (Å²) in [7, 11) is 1.20. The van der Waals surface area contributed by atoms with Crippen LogP contribution in [0, 0.1) is 5.92 Å². The Balaban J connectivity index is 4.65. The molecule has 0 saturated heterocycles. The van der Waals surface area contributed by atoms with E-state index in [0.29, 0.717) is 0 Å². The van der Waals surface area contributed by atoms with Crippen molar-refractivity contribution in [2.45, 2.75) is 52.7 Å². The molecule has 0 aliphatic carbocycles. The Bertz CT molecular complexity index is 343. The van der Waals surface area contributed by atoms with Gasteiger partial charge in [-0.05, 0) is 20.8 Å². The highest BCUT2D eigenvalue weighted by Crippen LogP contribution is 2.10. The number of hydrogen-bond donors (Lipinski definition) is 1. The van der Waals surface area contributed by atoms with Crippen LogP contribution in [0.1, 0.15) is 41.0 Å². The fraction of sp³-hybridized carbons (Fsp3) is 0.769. The molecule has 0 radical (unpaired) electrons. The molecule has 1 atom stereocenters. The third-order valence-electron chi connectivity index (χ3n) is 2.12. The van der Waals surface area contributed by atoms with Crippen LogP contribution in [0.5, 0.6) is 0 Å². The van der Waals surface area contributed by atoms with E-state index in [1.54, 1.807) is 34.6 Å². The van der Waals surface area contributed by atoms with Gasteiger partial charge in [-0.2, -0.15) is 0 Å². The Morgan fingerprint density at radius 2 is 1.68 bits per heavy atom. The van der Waals surface area contributed by atoms with Gasteiger partial charge in [0.2, 0.25) is 5.91 Å². The number of carbonyl (C=O) groups is 3. The number of amides is 1. The number of ether oxygens (including phenoxy) is 2. The minimum Gasteiger partial charge on any atom is -0.467 e. The zero-order valence-corrected chi connectivity index (χ0v) is 12.4. The zero-order valence-electron chi connectivity index (χ0n) is 12.4. The van der Waals surface area contributed by atoms with Crippen molar-refractivity contribution in [3.8, 4) is 0 Å². The molecule has 0 spiro atoms. The van der Waals surface area contributed by atoms with Crippen LogP contribution in [0.4, 0.5) is 0 Å². The van der Waals surface area contributed by atoms with Gasteiger partial charge in [-0.25, -0.2) is 4.79 Å². The predicted molar refractivity (Wildman–Crippen MR) is 69.2 cm³/mol. The molecule has 0 rings (SSSR count). The van der Waals surface area contributed by atoms with Crippen molar-refractivity contribution < 1.29 is 23.9 Å². The van der Waals surface area contributed by atoms with Crippen molar-refractivity contribution in [1.82, 2.24) is 5.32 Å². The highest BCUT2D eigenvalue weighted by atomic mass is 16.6. The first-order chi connectivity index (χ1) is 8.56. The van der Waals surface area contributed by atoms with Gasteiger partial charge in [0.15, 0.2) is 0 Å². The second-order valence-electron chi connectivity index (χ2n) is 5.53. The molecule has 19 heavy (non-hydrogen) atoms. The first-order valence-corrected chi connectivity index (χ1v) is 6.17. The van der Waals surface area contributed by atoms with E-state index in [4.69, 9.17) is 4.74 Å². The lowest BCUT2D eigenvalue weighted by Crippen LogP contribution is -2.45. The van der Waals surface area contributed by atoms with Gasteiger partial charge in [-0.15, -0.1) is 0 Å². The zero-order chi connectivity index (χ0) is 15.2. The van der Waals surface area contributed by atoms with Gasteiger partial charge in [-0.3, -0.25) is 9.59 Å². The number of methoxy groups -OCH3 is 1. The van der Waals surface area contributed by atoms with Gasteiger partial charge in [0, 0.05) is 5.92 Å². The summed E-state index contributed by atoms with van der Waals surface area (Å²) in [5.74, 6) is -1.84. The van der Waals surface area contributed by atoms with E-state index < -0.39 is 23.6 Å². The second kappa shape index (κ2) is 7.11. The van der Waals surface area contributed by atoms with E-state index in [0.717, 1.165) is 0 Å². The van der Waals surface area contributed by atoms with Gasteiger partial charge in [0.1, 0.15) is 11.6 Å². The third kappa shape index (κ3) is 7.43. The molecule has 110 valence electrons. The monoisotopic (exact) mass is 273 g/mol. The first-order valence-electron chi connectivity index (χ1n) is 6.17. The summed E-state index contributed by atoms with van der Waals surface area (Å²) in [5.41, 5.74) is -0.639. The Labute approximate surface area is 113 Å². The second-order valence-corrected chi connectivity index (χ2v) is 5.53. The summed E-state index contributed by atoms with van der Waals surface area (Å²) < 4.78 is 9.67. The van der Waals surface area contributed by atoms with E-state index in [9.17, 15) is 14.4 Å². The van der Waals surface area contributed by atoms with E-state index in [-0.39, 0.29) is 18.2 Å². The highest BCUT2D eigenvalue weighted by molar-refractivity contribution is 5.88. The molecule has 0 aliphatic heterocycles. The van der Waals surface area contributed by atoms with Crippen molar-refractivity contribution in [3.05, 3.63) is 0 Å². The normalized spacial score (nSPS) is 12.8. The molecule has 0 bridgehead atoms. The molecule has 0 saturated carbocycles. The molecule has 1 amide bonds. The van der Waals surface area contributed by atoms with Crippen LogP contribution in [0.25, 0.3) is 0 Å². The maximum absolute atomic E-state index is 11.7. The maximum Gasteiger partial charge on any atom is 0.328 e. The summed E-state index contributed by atoms with van der Waals surface area (Å²) in [6.45, 7) is 8.56. The SMILES string of the molecule is COC(=O)[C@@H](CC(=O)OC(C)(C)C)NC(=O)C(C)C. The fourth-order valence-electron chi connectivity index (χ4n) is 1.22. The Morgan fingerprint density at radius 3 is 2.05 bits per heavy atom. The quantitative estimate of drug-likeness (QED) is 0.757. The van der Waals surface area contributed by atoms with Crippen LogP contribution in [0.2, 0.25) is 0 Å². The molecular weight excluding hydrogens is 250 g/mol. The molecule has 6 heteroatoms. The molecule has 1 N–H and O–H groups in total. The van der Waals surface area contributed by atoms with E-state index in [1.807, 2.05) is 0 Å². The smallest absolute Gasteiger partial charge is 0.328 e. The van der Waals surface area contributed by atoms with Gasteiger partial charge in [-0.1, -0.05) is 13.8 Å². The molecular formula is C13H23NO5. The van der Waals surface area contributed by atoms with Gasteiger partial charge < -0.3 is 14.8 Å². The summed E-state index contributed by atoms with van der Waals surface area (Å²) in [6.07, 6.45) is -0.248. The van der Waals surface area contributed by atoms with Crippen molar-refractivity contribution in [2.24, 2.45) is 5.92 Å².